The van der Waals surface area contributed by atoms with Gasteiger partial charge in [0.05, 0.1) is 15.2 Å². The van der Waals surface area contributed by atoms with Gasteiger partial charge in [-0.3, -0.25) is 0 Å². The Balaban J connectivity index is 2.83. The third kappa shape index (κ3) is 1.06. The first-order valence-corrected chi connectivity index (χ1v) is 4.62. The van der Waals surface area contributed by atoms with Gasteiger partial charge in [-0.25, -0.2) is 4.98 Å². The van der Waals surface area contributed by atoms with Crippen LogP contribution in [0.3, 0.4) is 0 Å². The van der Waals surface area contributed by atoms with Gasteiger partial charge in [0.25, 0.3) is 0 Å². The molecular weight excluding hydrogens is 168 g/mol. The van der Waals surface area contributed by atoms with Crippen molar-refractivity contribution in [3.05, 3.63) is 22.7 Å². The monoisotopic (exact) mass is 178 g/mol. The molecule has 0 saturated heterocycles. The minimum Gasteiger partial charge on any atom is -0.398 e. The average molecular weight is 178 g/mol. The minimum atomic E-state index is 0.827. The Labute approximate surface area is 75.0 Å². The lowest BCUT2D eigenvalue weighted by atomic mass is 10.2. The first-order chi connectivity index (χ1) is 5.66. The van der Waals surface area contributed by atoms with Crippen molar-refractivity contribution in [1.29, 1.82) is 0 Å². The summed E-state index contributed by atoms with van der Waals surface area (Å²) in [7, 11) is 0. The van der Waals surface area contributed by atoms with Crippen molar-refractivity contribution in [1.82, 2.24) is 4.98 Å². The summed E-state index contributed by atoms with van der Waals surface area (Å²) in [6, 6.07) is 4.03. The standard InChI is InChI=1S/C9H10N2S/c1-5-3-9-8(4-7(5)10)11-6(2)12-9/h3-4H,10H2,1-2H3. The maximum Gasteiger partial charge on any atom is 0.0907 e. The fraction of sp³-hybridized carbons (Fsp3) is 0.222. The van der Waals surface area contributed by atoms with E-state index in [0.29, 0.717) is 0 Å². The van der Waals surface area contributed by atoms with Crippen LogP contribution in [0.15, 0.2) is 12.1 Å². The van der Waals surface area contributed by atoms with Gasteiger partial charge in [0, 0.05) is 5.69 Å². The summed E-state index contributed by atoms with van der Waals surface area (Å²) < 4.78 is 1.22. The Morgan fingerprint density at radius 3 is 2.83 bits per heavy atom. The number of nitrogens with zero attached hydrogens (tertiary/aromatic N) is 1. The fourth-order valence-electron chi connectivity index (χ4n) is 1.21. The van der Waals surface area contributed by atoms with E-state index in [4.69, 9.17) is 5.73 Å². The van der Waals surface area contributed by atoms with E-state index < -0.39 is 0 Å². The van der Waals surface area contributed by atoms with Crippen LogP contribution in [-0.2, 0) is 0 Å². The number of aryl methyl sites for hydroxylation is 2. The fourth-order valence-corrected chi connectivity index (χ4v) is 2.11. The Hall–Kier alpha value is -1.09. The van der Waals surface area contributed by atoms with Crippen molar-refractivity contribution in [2.45, 2.75) is 13.8 Å². The maximum absolute atomic E-state index is 5.76. The van der Waals surface area contributed by atoms with Gasteiger partial charge in [-0.05, 0) is 31.5 Å². The quantitative estimate of drug-likeness (QED) is 0.629. The predicted molar refractivity (Wildman–Crippen MR) is 53.5 cm³/mol. The number of nitrogen functional groups attached to an aromatic ring is 1. The van der Waals surface area contributed by atoms with E-state index in [0.717, 1.165) is 21.8 Å². The lowest BCUT2D eigenvalue weighted by Gasteiger charge is -1.97. The smallest absolute Gasteiger partial charge is 0.0907 e. The molecule has 62 valence electrons. The molecule has 12 heavy (non-hydrogen) atoms. The molecular formula is C9H10N2S. The summed E-state index contributed by atoms with van der Waals surface area (Å²) in [5.74, 6) is 0. The molecule has 0 radical (unpaired) electrons. The summed E-state index contributed by atoms with van der Waals surface area (Å²) in [6.45, 7) is 4.03. The highest BCUT2D eigenvalue weighted by Gasteiger charge is 2.02. The second-order valence-corrected chi connectivity index (χ2v) is 4.14. The van der Waals surface area contributed by atoms with Crippen LogP contribution >= 0.6 is 11.3 Å². The van der Waals surface area contributed by atoms with E-state index in [1.165, 1.54) is 4.70 Å². The highest BCUT2D eigenvalue weighted by molar-refractivity contribution is 7.18. The van der Waals surface area contributed by atoms with Crippen molar-refractivity contribution in [2.24, 2.45) is 0 Å². The minimum absolute atomic E-state index is 0.827. The molecule has 0 aliphatic rings. The highest BCUT2D eigenvalue weighted by atomic mass is 32.1. The maximum atomic E-state index is 5.76. The zero-order valence-electron chi connectivity index (χ0n) is 7.09. The molecule has 0 bridgehead atoms. The molecule has 1 aromatic carbocycles. The molecule has 2 nitrogen and oxygen atoms in total. The first kappa shape index (κ1) is 7.55. The number of hydrogen-bond donors (Lipinski definition) is 1. The van der Waals surface area contributed by atoms with Crippen LogP contribution in [0.1, 0.15) is 10.6 Å². The van der Waals surface area contributed by atoms with Gasteiger partial charge in [0.1, 0.15) is 0 Å². The van der Waals surface area contributed by atoms with Crippen LogP contribution in [0.25, 0.3) is 10.2 Å². The molecule has 2 rings (SSSR count). The molecule has 0 fully saturated rings. The average Bonchev–Trinajstić information content (AvgIpc) is 2.30. The number of fused-ring (bicyclic) bond motifs is 1. The van der Waals surface area contributed by atoms with Crippen molar-refractivity contribution in [3.8, 4) is 0 Å². The zero-order chi connectivity index (χ0) is 8.72. The summed E-state index contributed by atoms with van der Waals surface area (Å²) in [5.41, 5.74) is 8.73. The number of rotatable bonds is 0. The molecule has 0 aliphatic heterocycles. The number of benzene rings is 1. The number of thiazole rings is 1. The van der Waals surface area contributed by atoms with Gasteiger partial charge in [0.2, 0.25) is 0 Å². The predicted octanol–water partition coefficient (Wildman–Crippen LogP) is 2.50. The lowest BCUT2D eigenvalue weighted by Crippen LogP contribution is -1.87. The molecule has 0 unspecified atom stereocenters. The topological polar surface area (TPSA) is 38.9 Å². The van der Waals surface area contributed by atoms with Gasteiger partial charge >= 0.3 is 0 Å². The molecule has 0 saturated carbocycles. The number of anilines is 1. The molecule has 1 aromatic heterocycles. The molecule has 1 heterocycles. The first-order valence-electron chi connectivity index (χ1n) is 3.80. The van der Waals surface area contributed by atoms with E-state index in [1.54, 1.807) is 11.3 Å². The second-order valence-electron chi connectivity index (χ2n) is 2.91. The molecule has 0 amide bonds. The van der Waals surface area contributed by atoms with Gasteiger partial charge in [-0.2, -0.15) is 0 Å². The number of nitrogens with two attached hydrogens (primary N) is 1. The van der Waals surface area contributed by atoms with Crippen LogP contribution in [0, 0.1) is 13.8 Å². The second kappa shape index (κ2) is 2.45. The SMILES string of the molecule is Cc1nc2cc(N)c(C)cc2s1. The molecule has 0 spiro atoms. The van der Waals surface area contributed by atoms with Crippen molar-refractivity contribution in [2.75, 3.05) is 5.73 Å². The summed E-state index contributed by atoms with van der Waals surface area (Å²) >= 11 is 1.71. The zero-order valence-corrected chi connectivity index (χ0v) is 7.90. The molecule has 0 atom stereocenters. The van der Waals surface area contributed by atoms with Crippen LogP contribution < -0.4 is 5.73 Å². The Bertz CT molecular complexity index is 392. The Morgan fingerprint density at radius 2 is 2.08 bits per heavy atom. The van der Waals surface area contributed by atoms with Gasteiger partial charge < -0.3 is 5.73 Å². The van der Waals surface area contributed by atoms with E-state index in [9.17, 15) is 0 Å². The van der Waals surface area contributed by atoms with Crippen molar-refractivity contribution >= 4 is 27.2 Å². The van der Waals surface area contributed by atoms with E-state index in [1.807, 2.05) is 19.9 Å². The summed E-state index contributed by atoms with van der Waals surface area (Å²) in [5, 5.41) is 1.09. The van der Waals surface area contributed by atoms with Crippen LogP contribution in [0.4, 0.5) is 5.69 Å². The van der Waals surface area contributed by atoms with E-state index >= 15 is 0 Å². The number of hydrogen-bond acceptors (Lipinski definition) is 3. The molecule has 2 N–H and O–H groups in total. The lowest BCUT2D eigenvalue weighted by molar-refractivity contribution is 1.34. The van der Waals surface area contributed by atoms with Crippen molar-refractivity contribution < 1.29 is 0 Å². The van der Waals surface area contributed by atoms with Crippen LogP contribution in [0.5, 0.6) is 0 Å². The molecule has 0 aliphatic carbocycles. The summed E-state index contributed by atoms with van der Waals surface area (Å²) in [6.07, 6.45) is 0. The Morgan fingerprint density at radius 1 is 1.33 bits per heavy atom. The van der Waals surface area contributed by atoms with E-state index in [2.05, 4.69) is 11.1 Å². The molecule has 2 aromatic rings. The van der Waals surface area contributed by atoms with Crippen LogP contribution in [-0.4, -0.2) is 4.98 Å². The van der Waals surface area contributed by atoms with Gasteiger partial charge in [-0.1, -0.05) is 0 Å². The highest BCUT2D eigenvalue weighted by Crippen LogP contribution is 2.25. The van der Waals surface area contributed by atoms with E-state index in [-0.39, 0.29) is 0 Å². The van der Waals surface area contributed by atoms with Crippen molar-refractivity contribution in [3.63, 3.8) is 0 Å². The largest absolute Gasteiger partial charge is 0.398 e. The third-order valence-electron chi connectivity index (χ3n) is 1.88. The third-order valence-corrected chi connectivity index (χ3v) is 2.82. The number of aromatic nitrogens is 1. The normalized spacial score (nSPS) is 10.8. The molecule has 3 heteroatoms. The van der Waals surface area contributed by atoms with Gasteiger partial charge in [0.15, 0.2) is 0 Å². The summed E-state index contributed by atoms with van der Waals surface area (Å²) in [4.78, 5) is 4.35. The van der Waals surface area contributed by atoms with Gasteiger partial charge in [-0.15, -0.1) is 11.3 Å². The Kier molecular flexibility index (Phi) is 1.54. The van der Waals surface area contributed by atoms with Crippen LogP contribution in [0.2, 0.25) is 0 Å².